The van der Waals surface area contributed by atoms with E-state index in [-0.39, 0.29) is 5.91 Å². The van der Waals surface area contributed by atoms with Gasteiger partial charge in [0.15, 0.2) is 0 Å². The van der Waals surface area contributed by atoms with E-state index < -0.39 is 0 Å². The van der Waals surface area contributed by atoms with Crippen molar-refractivity contribution in [3.8, 4) is 5.88 Å². The first-order valence-corrected chi connectivity index (χ1v) is 10.2. The smallest absolute Gasteiger partial charge is 0.274 e. The zero-order valence-electron chi connectivity index (χ0n) is 16.2. The molecule has 1 aromatic carbocycles. The normalized spacial score (nSPS) is 17.4. The van der Waals surface area contributed by atoms with Gasteiger partial charge in [0.1, 0.15) is 5.69 Å². The molecule has 2 aromatic heterocycles. The van der Waals surface area contributed by atoms with Crippen LogP contribution in [0.2, 0.25) is 0 Å². The summed E-state index contributed by atoms with van der Waals surface area (Å²) in [7, 11) is 0. The average molecular weight is 389 g/mol. The molecule has 7 nitrogen and oxygen atoms in total. The number of benzene rings is 1. The summed E-state index contributed by atoms with van der Waals surface area (Å²) in [5.41, 5.74) is 3.02. The summed E-state index contributed by atoms with van der Waals surface area (Å²) >= 11 is 0. The number of fused-ring (bicyclic) bond motifs is 1. The Hall–Kier alpha value is -3.09. The lowest BCUT2D eigenvalue weighted by atomic mass is 9.97. The van der Waals surface area contributed by atoms with Crippen molar-refractivity contribution in [2.75, 3.05) is 19.7 Å². The number of rotatable bonds is 5. The fourth-order valence-electron chi connectivity index (χ4n) is 3.73. The molecule has 2 aliphatic rings. The van der Waals surface area contributed by atoms with Gasteiger partial charge in [-0.25, -0.2) is 4.98 Å². The number of hydrogen-bond acceptors (Lipinski definition) is 6. The summed E-state index contributed by atoms with van der Waals surface area (Å²) in [5, 5.41) is 8.43. The van der Waals surface area contributed by atoms with Gasteiger partial charge in [-0.1, -0.05) is 12.1 Å². The molecule has 3 heterocycles. The van der Waals surface area contributed by atoms with Gasteiger partial charge in [-0.2, -0.15) is 5.10 Å². The zero-order valence-corrected chi connectivity index (χ0v) is 16.2. The van der Waals surface area contributed by atoms with Gasteiger partial charge in [0.25, 0.3) is 5.91 Å². The van der Waals surface area contributed by atoms with Crippen LogP contribution >= 0.6 is 0 Å². The van der Waals surface area contributed by atoms with E-state index in [0.29, 0.717) is 43.1 Å². The fraction of sp³-hybridized carbons (Fsp3) is 0.409. The van der Waals surface area contributed by atoms with E-state index in [4.69, 9.17) is 4.74 Å². The lowest BCUT2D eigenvalue weighted by Crippen LogP contribution is -2.40. The molecule has 3 aromatic rings. The first kappa shape index (κ1) is 18.0. The van der Waals surface area contributed by atoms with Crippen LogP contribution in [0.3, 0.4) is 0 Å². The molecule has 1 aliphatic carbocycles. The molecule has 29 heavy (non-hydrogen) atoms. The van der Waals surface area contributed by atoms with Crippen LogP contribution in [-0.2, 0) is 0 Å². The summed E-state index contributed by atoms with van der Waals surface area (Å²) in [6, 6.07) is 11.5. The Morgan fingerprint density at radius 1 is 1.00 bits per heavy atom. The van der Waals surface area contributed by atoms with E-state index in [1.54, 1.807) is 6.20 Å². The second kappa shape index (κ2) is 7.73. The van der Waals surface area contributed by atoms with Crippen molar-refractivity contribution in [2.24, 2.45) is 5.92 Å². The SMILES string of the molecule is O=C(c1cnc2ccccc2n1)N1CCC(COc2ccc(C3CC3)nn2)CC1. The molecule has 0 atom stereocenters. The predicted molar refractivity (Wildman–Crippen MR) is 108 cm³/mol. The van der Waals surface area contributed by atoms with Gasteiger partial charge in [-0.15, -0.1) is 5.10 Å². The third kappa shape index (κ3) is 4.04. The van der Waals surface area contributed by atoms with Crippen molar-refractivity contribution in [1.29, 1.82) is 0 Å². The first-order chi connectivity index (χ1) is 14.3. The molecule has 0 radical (unpaired) electrons. The standard InChI is InChI=1S/C22H23N5O2/c28-22(20-13-23-18-3-1-2-4-19(18)24-20)27-11-9-15(10-12-27)14-29-21-8-7-17(25-26-21)16-5-6-16/h1-4,7-8,13,15-16H,5-6,9-12,14H2. The molecule has 0 bridgehead atoms. The lowest BCUT2D eigenvalue weighted by Gasteiger charge is -2.31. The highest BCUT2D eigenvalue weighted by molar-refractivity contribution is 5.93. The second-order valence-corrected chi connectivity index (χ2v) is 7.86. The summed E-state index contributed by atoms with van der Waals surface area (Å²) in [5.74, 6) is 1.54. The summed E-state index contributed by atoms with van der Waals surface area (Å²) < 4.78 is 5.83. The van der Waals surface area contributed by atoms with Gasteiger partial charge < -0.3 is 9.64 Å². The number of ether oxygens (including phenoxy) is 1. The Labute approximate surface area is 169 Å². The molecule has 1 saturated carbocycles. The van der Waals surface area contributed by atoms with Crippen LogP contribution in [0.15, 0.2) is 42.6 Å². The number of aromatic nitrogens is 4. The molecule has 1 aliphatic heterocycles. The van der Waals surface area contributed by atoms with Gasteiger partial charge in [0.2, 0.25) is 5.88 Å². The summed E-state index contributed by atoms with van der Waals surface area (Å²) in [4.78, 5) is 23.5. The molecule has 1 amide bonds. The van der Waals surface area contributed by atoms with Crippen LogP contribution < -0.4 is 4.74 Å². The largest absolute Gasteiger partial charge is 0.476 e. The second-order valence-electron chi connectivity index (χ2n) is 7.86. The highest BCUT2D eigenvalue weighted by Crippen LogP contribution is 2.38. The quantitative estimate of drug-likeness (QED) is 0.666. The third-order valence-corrected chi connectivity index (χ3v) is 5.69. The number of carbonyl (C=O) groups excluding carboxylic acids is 1. The average Bonchev–Trinajstić information content (AvgIpc) is 3.63. The minimum Gasteiger partial charge on any atom is -0.476 e. The Bertz CT molecular complexity index is 1010. The van der Waals surface area contributed by atoms with E-state index in [0.717, 1.165) is 29.6 Å². The molecule has 0 N–H and O–H groups in total. The number of nitrogens with zero attached hydrogens (tertiary/aromatic N) is 5. The van der Waals surface area contributed by atoms with E-state index in [1.807, 2.05) is 41.3 Å². The molecule has 1 saturated heterocycles. The Balaban J connectivity index is 1.14. The van der Waals surface area contributed by atoms with Gasteiger partial charge in [0, 0.05) is 25.1 Å². The van der Waals surface area contributed by atoms with Gasteiger partial charge >= 0.3 is 0 Å². The maximum Gasteiger partial charge on any atom is 0.274 e. The minimum atomic E-state index is -0.0517. The highest BCUT2D eigenvalue weighted by Gasteiger charge is 2.26. The Morgan fingerprint density at radius 3 is 2.52 bits per heavy atom. The molecule has 7 heteroatoms. The van der Waals surface area contributed by atoms with Crippen LogP contribution in [-0.4, -0.2) is 50.7 Å². The monoisotopic (exact) mass is 389 g/mol. The summed E-state index contributed by atoms with van der Waals surface area (Å²) in [6.45, 7) is 2.01. The first-order valence-electron chi connectivity index (χ1n) is 10.2. The van der Waals surface area contributed by atoms with E-state index >= 15 is 0 Å². The molecule has 148 valence electrons. The van der Waals surface area contributed by atoms with Crippen molar-refractivity contribution in [2.45, 2.75) is 31.6 Å². The molecule has 0 spiro atoms. The predicted octanol–water partition coefficient (Wildman–Crippen LogP) is 3.23. The van der Waals surface area contributed by atoms with E-state index in [1.165, 1.54) is 12.8 Å². The topological polar surface area (TPSA) is 81.1 Å². The van der Waals surface area contributed by atoms with Crippen LogP contribution in [0.1, 0.15) is 47.8 Å². The number of hydrogen-bond donors (Lipinski definition) is 0. The lowest BCUT2D eigenvalue weighted by molar-refractivity contribution is 0.0653. The third-order valence-electron chi connectivity index (χ3n) is 5.69. The van der Waals surface area contributed by atoms with Crippen LogP contribution in [0.25, 0.3) is 11.0 Å². The van der Waals surface area contributed by atoms with E-state index in [2.05, 4.69) is 20.2 Å². The molecule has 2 fully saturated rings. The van der Waals surface area contributed by atoms with Crippen LogP contribution in [0.4, 0.5) is 0 Å². The highest BCUT2D eigenvalue weighted by atomic mass is 16.5. The van der Waals surface area contributed by atoms with Crippen molar-refractivity contribution in [3.63, 3.8) is 0 Å². The maximum atomic E-state index is 12.8. The van der Waals surface area contributed by atoms with Gasteiger partial charge in [-0.3, -0.25) is 9.78 Å². The van der Waals surface area contributed by atoms with Crippen molar-refractivity contribution >= 4 is 16.9 Å². The van der Waals surface area contributed by atoms with Crippen LogP contribution in [0, 0.1) is 5.92 Å². The Kier molecular flexibility index (Phi) is 4.79. The molecule has 0 unspecified atom stereocenters. The molecule has 5 rings (SSSR count). The maximum absolute atomic E-state index is 12.8. The van der Waals surface area contributed by atoms with Crippen LogP contribution in [0.5, 0.6) is 5.88 Å². The summed E-state index contributed by atoms with van der Waals surface area (Å²) in [6.07, 6.45) is 5.82. The number of piperidine rings is 1. The molecular formula is C22H23N5O2. The van der Waals surface area contributed by atoms with Gasteiger partial charge in [-0.05, 0) is 49.8 Å². The number of carbonyl (C=O) groups is 1. The number of likely N-dealkylation sites (tertiary alicyclic amines) is 1. The number of amides is 1. The Morgan fingerprint density at radius 2 is 1.79 bits per heavy atom. The minimum absolute atomic E-state index is 0.0517. The van der Waals surface area contributed by atoms with Crippen molar-refractivity contribution in [3.05, 3.63) is 54.0 Å². The molecular weight excluding hydrogens is 366 g/mol. The van der Waals surface area contributed by atoms with E-state index in [9.17, 15) is 4.79 Å². The van der Waals surface area contributed by atoms with Crippen molar-refractivity contribution < 1.29 is 9.53 Å². The fourth-order valence-corrected chi connectivity index (χ4v) is 3.73. The van der Waals surface area contributed by atoms with Gasteiger partial charge in [0.05, 0.1) is 29.5 Å². The zero-order chi connectivity index (χ0) is 19.6. The number of para-hydroxylation sites is 2. The van der Waals surface area contributed by atoms with Crippen molar-refractivity contribution in [1.82, 2.24) is 25.1 Å².